The van der Waals surface area contributed by atoms with Gasteiger partial charge in [0.25, 0.3) is 0 Å². The summed E-state index contributed by atoms with van der Waals surface area (Å²) in [6.45, 7) is 0. The van der Waals surface area contributed by atoms with Gasteiger partial charge in [0.2, 0.25) is 0 Å². The third-order valence-electron chi connectivity index (χ3n) is 1.66. The molecule has 0 saturated carbocycles. The number of alkyl halides is 1. The third-order valence-corrected chi connectivity index (χ3v) is 1.93. The van der Waals surface area contributed by atoms with E-state index in [1.54, 1.807) is 0 Å². The van der Waals surface area contributed by atoms with E-state index < -0.39 is 0 Å². The summed E-state index contributed by atoms with van der Waals surface area (Å²) in [5.74, 6) is 0.584. The zero-order valence-corrected chi connectivity index (χ0v) is 8.85. The highest BCUT2D eigenvalue weighted by molar-refractivity contribution is 6.17. The molecule has 0 aliphatic rings. The van der Waals surface area contributed by atoms with Crippen LogP contribution in [0.25, 0.3) is 0 Å². The Balaban J connectivity index is 3.17. The highest BCUT2D eigenvalue weighted by Crippen LogP contribution is 2.00. The molecule has 3 heteroatoms. The van der Waals surface area contributed by atoms with Crippen LogP contribution in [0.3, 0.4) is 0 Å². The number of hydrogen-bond acceptors (Lipinski definition) is 2. The lowest BCUT2D eigenvalue weighted by atomic mass is 10.2. The molecule has 0 unspecified atom stereocenters. The predicted molar refractivity (Wildman–Crippen MR) is 55.0 cm³/mol. The van der Waals surface area contributed by atoms with Crippen LogP contribution in [0, 0.1) is 0 Å². The third kappa shape index (κ3) is 9.41. The Labute approximate surface area is 84.9 Å². The van der Waals surface area contributed by atoms with Crippen LogP contribution in [0.15, 0.2) is 12.2 Å². The van der Waals surface area contributed by atoms with Gasteiger partial charge in [-0.3, -0.25) is 4.79 Å². The largest absolute Gasteiger partial charge is 0.469 e. The molecule has 13 heavy (non-hydrogen) atoms. The zero-order chi connectivity index (χ0) is 9.94. The lowest BCUT2D eigenvalue weighted by molar-refractivity contribution is -0.140. The van der Waals surface area contributed by atoms with Crippen LogP contribution in [0.4, 0.5) is 0 Å². The van der Waals surface area contributed by atoms with E-state index in [0.717, 1.165) is 31.6 Å². The predicted octanol–water partition coefficient (Wildman–Crippen LogP) is 2.90. The van der Waals surface area contributed by atoms with Gasteiger partial charge in [-0.25, -0.2) is 0 Å². The normalized spacial score (nSPS) is 10.6. The van der Waals surface area contributed by atoms with Crippen LogP contribution < -0.4 is 0 Å². The summed E-state index contributed by atoms with van der Waals surface area (Å²) < 4.78 is 4.51. The standard InChI is InChI=1S/C10H17ClO2/c1-13-10(12)8-6-4-2-3-5-7-9-11/h2,4H,3,5-9H2,1H3. The van der Waals surface area contributed by atoms with Crippen molar-refractivity contribution in [2.75, 3.05) is 13.0 Å². The van der Waals surface area contributed by atoms with E-state index in [1.165, 1.54) is 7.11 Å². The van der Waals surface area contributed by atoms with E-state index in [-0.39, 0.29) is 5.97 Å². The van der Waals surface area contributed by atoms with Gasteiger partial charge in [-0.05, 0) is 25.7 Å². The van der Waals surface area contributed by atoms with Gasteiger partial charge in [0.1, 0.15) is 0 Å². The summed E-state index contributed by atoms with van der Waals surface area (Å²) in [6.07, 6.45) is 8.59. The van der Waals surface area contributed by atoms with Crippen molar-refractivity contribution in [2.45, 2.75) is 32.1 Å². The first-order chi connectivity index (χ1) is 6.31. The monoisotopic (exact) mass is 204 g/mol. The molecule has 0 fully saturated rings. The molecule has 0 aliphatic heterocycles. The molecule has 0 rings (SSSR count). The number of carbonyl (C=O) groups excluding carboxylic acids is 1. The van der Waals surface area contributed by atoms with Gasteiger partial charge >= 0.3 is 5.97 Å². The zero-order valence-electron chi connectivity index (χ0n) is 8.09. The number of unbranched alkanes of at least 4 members (excludes halogenated alkanes) is 2. The van der Waals surface area contributed by atoms with Gasteiger partial charge in [0, 0.05) is 12.3 Å². The quantitative estimate of drug-likeness (QED) is 0.276. The molecule has 0 N–H and O–H groups in total. The highest BCUT2D eigenvalue weighted by atomic mass is 35.5. The minimum Gasteiger partial charge on any atom is -0.469 e. The number of carbonyl (C=O) groups is 1. The van der Waals surface area contributed by atoms with Crippen molar-refractivity contribution in [3.63, 3.8) is 0 Å². The number of hydrogen-bond donors (Lipinski definition) is 0. The molecule has 0 atom stereocenters. The second-order valence-electron chi connectivity index (χ2n) is 2.77. The topological polar surface area (TPSA) is 26.3 Å². The molecule has 0 spiro atoms. The van der Waals surface area contributed by atoms with Gasteiger partial charge in [-0.15, -0.1) is 11.6 Å². The van der Waals surface area contributed by atoms with Crippen LogP contribution in [0.1, 0.15) is 32.1 Å². The number of esters is 1. The minimum atomic E-state index is -0.148. The van der Waals surface area contributed by atoms with Crippen molar-refractivity contribution in [1.29, 1.82) is 0 Å². The highest BCUT2D eigenvalue weighted by Gasteiger charge is 1.95. The van der Waals surface area contributed by atoms with Crippen LogP contribution >= 0.6 is 11.6 Å². The van der Waals surface area contributed by atoms with E-state index in [2.05, 4.69) is 10.8 Å². The summed E-state index contributed by atoms with van der Waals surface area (Å²) in [4.78, 5) is 10.7. The maximum atomic E-state index is 10.7. The number of methoxy groups -OCH3 is 1. The smallest absolute Gasteiger partial charge is 0.305 e. The van der Waals surface area contributed by atoms with Crippen LogP contribution in [-0.4, -0.2) is 19.0 Å². The Bertz CT molecular complexity index is 155. The van der Waals surface area contributed by atoms with E-state index in [9.17, 15) is 4.79 Å². The van der Waals surface area contributed by atoms with Gasteiger partial charge in [0.05, 0.1) is 7.11 Å². The molecular formula is C10H17ClO2. The average Bonchev–Trinajstić information content (AvgIpc) is 2.16. The second-order valence-corrected chi connectivity index (χ2v) is 3.15. The van der Waals surface area contributed by atoms with E-state index >= 15 is 0 Å². The lowest BCUT2D eigenvalue weighted by Crippen LogP contribution is -1.97. The molecule has 76 valence electrons. The number of rotatable bonds is 7. The Hall–Kier alpha value is -0.500. The van der Waals surface area contributed by atoms with Crippen molar-refractivity contribution in [1.82, 2.24) is 0 Å². The van der Waals surface area contributed by atoms with Crippen LogP contribution in [0.5, 0.6) is 0 Å². The van der Waals surface area contributed by atoms with E-state index in [0.29, 0.717) is 6.42 Å². The molecule has 0 aromatic rings. The van der Waals surface area contributed by atoms with Crippen molar-refractivity contribution in [3.05, 3.63) is 12.2 Å². The van der Waals surface area contributed by atoms with E-state index in [4.69, 9.17) is 11.6 Å². The summed E-state index contributed by atoms with van der Waals surface area (Å²) in [5.41, 5.74) is 0. The van der Waals surface area contributed by atoms with Crippen LogP contribution in [0.2, 0.25) is 0 Å². The molecule has 0 bridgehead atoms. The molecule has 0 aromatic heterocycles. The summed E-state index contributed by atoms with van der Waals surface area (Å²) in [5, 5.41) is 0. The van der Waals surface area contributed by atoms with Crippen molar-refractivity contribution < 1.29 is 9.53 Å². The first-order valence-electron chi connectivity index (χ1n) is 4.59. The van der Waals surface area contributed by atoms with Gasteiger partial charge < -0.3 is 4.74 Å². The Morgan fingerprint density at radius 2 is 2.00 bits per heavy atom. The molecule has 0 heterocycles. The Morgan fingerprint density at radius 3 is 2.62 bits per heavy atom. The molecule has 2 nitrogen and oxygen atoms in total. The summed E-state index contributed by atoms with van der Waals surface area (Å²) in [7, 11) is 1.41. The van der Waals surface area contributed by atoms with Crippen molar-refractivity contribution in [2.24, 2.45) is 0 Å². The minimum absolute atomic E-state index is 0.148. The number of allylic oxidation sites excluding steroid dienone is 2. The molecular weight excluding hydrogens is 188 g/mol. The molecule has 0 saturated heterocycles. The van der Waals surface area contributed by atoms with E-state index in [1.807, 2.05) is 6.08 Å². The lowest BCUT2D eigenvalue weighted by Gasteiger charge is -1.94. The van der Waals surface area contributed by atoms with Crippen LogP contribution in [-0.2, 0) is 9.53 Å². The fourth-order valence-corrected chi connectivity index (χ4v) is 1.08. The SMILES string of the molecule is COC(=O)CCC=CCCCCCl. The van der Waals surface area contributed by atoms with Crippen molar-refractivity contribution in [3.8, 4) is 0 Å². The first kappa shape index (κ1) is 12.5. The first-order valence-corrected chi connectivity index (χ1v) is 5.12. The Morgan fingerprint density at radius 1 is 1.31 bits per heavy atom. The fraction of sp³-hybridized carbons (Fsp3) is 0.700. The van der Waals surface area contributed by atoms with Gasteiger partial charge in [-0.1, -0.05) is 12.2 Å². The molecule has 0 radical (unpaired) electrons. The molecule has 0 aromatic carbocycles. The van der Waals surface area contributed by atoms with Gasteiger partial charge in [0.15, 0.2) is 0 Å². The van der Waals surface area contributed by atoms with Gasteiger partial charge in [-0.2, -0.15) is 0 Å². The average molecular weight is 205 g/mol. The molecule has 0 amide bonds. The number of halogens is 1. The summed E-state index contributed by atoms with van der Waals surface area (Å²) >= 11 is 5.52. The maximum absolute atomic E-state index is 10.7. The summed E-state index contributed by atoms with van der Waals surface area (Å²) in [6, 6.07) is 0. The van der Waals surface area contributed by atoms with Crippen molar-refractivity contribution >= 4 is 17.6 Å². The number of ether oxygens (including phenoxy) is 1. The maximum Gasteiger partial charge on any atom is 0.305 e. The second kappa shape index (κ2) is 9.59. The fourth-order valence-electron chi connectivity index (χ4n) is 0.896. The molecule has 0 aliphatic carbocycles. The Kier molecular flexibility index (Phi) is 9.22.